The molecule has 0 aromatic rings. The van der Waals surface area contributed by atoms with E-state index >= 15 is 0 Å². The van der Waals surface area contributed by atoms with Gasteiger partial charge in [-0.2, -0.15) is 0 Å². The summed E-state index contributed by atoms with van der Waals surface area (Å²) >= 11 is 0. The number of hydrogen-bond acceptors (Lipinski definition) is 15. The monoisotopic (exact) mass is 1460 g/mol. The summed E-state index contributed by atoms with van der Waals surface area (Å²) in [5.74, 6) is -2.42. The molecule has 0 amide bonds. The Morgan fingerprint density at radius 1 is 0.284 bits per heavy atom. The third kappa shape index (κ3) is 72.5. The molecule has 0 heterocycles. The van der Waals surface area contributed by atoms with E-state index in [1.54, 1.807) is 0 Å². The maximum Gasteiger partial charge on any atom is 0.472 e. The molecule has 0 aromatic carbocycles. The summed E-state index contributed by atoms with van der Waals surface area (Å²) in [7, 11) is -10.0. The fraction of sp³-hybridized carbons (Fsp3) is 0.590. The molecule has 576 valence electrons. The van der Waals surface area contributed by atoms with E-state index in [0.717, 1.165) is 154 Å². The first-order chi connectivity index (χ1) is 49.7. The normalized spacial score (nSPS) is 14.9. The Hall–Kier alpha value is -5.84. The number of esters is 4. The van der Waals surface area contributed by atoms with Crippen molar-refractivity contribution < 1.29 is 80.2 Å². The molecule has 0 aliphatic rings. The lowest BCUT2D eigenvalue weighted by molar-refractivity contribution is -0.161. The van der Waals surface area contributed by atoms with Crippen LogP contribution in [0.15, 0.2) is 182 Å². The van der Waals surface area contributed by atoms with Gasteiger partial charge >= 0.3 is 39.5 Å². The molecule has 0 rings (SSSR count). The zero-order chi connectivity index (χ0) is 74.6. The minimum atomic E-state index is -5.02. The number of allylic oxidation sites excluding steroid dienone is 30. The summed E-state index contributed by atoms with van der Waals surface area (Å²) in [5.41, 5.74) is 0. The minimum Gasteiger partial charge on any atom is -0.462 e. The minimum absolute atomic E-state index is 0.0126. The molecule has 0 bridgehead atoms. The number of ether oxygens (including phenoxy) is 4. The van der Waals surface area contributed by atoms with Crippen LogP contribution in [0.1, 0.15) is 259 Å². The van der Waals surface area contributed by atoms with Crippen LogP contribution in [-0.4, -0.2) is 96.7 Å². The standard InChI is InChI=1S/C83H132O17P2/c1-5-9-13-17-21-25-29-32-34-36-38-40-42-45-49-52-56-60-64-68-81(86)94-74-79(100-83(88)70-66-62-58-54-50-46-43-41-39-37-35-33-30-26-22-18-14-10-6-2)76-98-102(91,92)96-72-77(84)71-95-101(89,90)97-75-78(99-82(87)69-65-61-57-53-47-28-24-20-16-12-8-4)73-93-80(85)67-63-59-55-51-48-44-31-27-23-19-15-11-7-3/h9-10,13-15,19-22,24-27,31-35,38-41,45-46,49-50,56,58,60,62,77-79,84H,5-8,11-12,16-18,23,28-30,36-37,42-44,47-48,51-55,57,59,61,63-76H2,1-4H3,(H,89,90)(H,91,92)/b13-9-,14-10-,19-15-,24-20-,25-21-,26-22-,31-27-,34-32-,35-33-,40-38-,41-39-,49-45-,50-46-,60-56-,62-58-. The molecule has 0 aromatic heterocycles. The molecule has 19 heteroatoms. The Kier molecular flexibility index (Phi) is 69.3. The molecule has 0 aliphatic carbocycles. The van der Waals surface area contributed by atoms with Crippen molar-refractivity contribution in [3.8, 4) is 0 Å². The van der Waals surface area contributed by atoms with E-state index in [2.05, 4.69) is 174 Å². The van der Waals surface area contributed by atoms with Crippen LogP contribution in [-0.2, 0) is 65.4 Å². The van der Waals surface area contributed by atoms with E-state index in [9.17, 15) is 43.2 Å². The molecule has 0 saturated heterocycles. The maximum atomic E-state index is 13.1. The molecule has 17 nitrogen and oxygen atoms in total. The molecular formula is C83H132O17P2. The SMILES string of the molecule is CC/C=C\C/C=C\C/C=C\C/C=C\C/C=C\C/C=C\CCC(=O)OCC(COP(=O)(O)OCC(O)COP(=O)(O)OCC(COC(=O)CCCCCCC/C=C\C/C=C\CCC)OC(=O)CCCCCCC/C=C\CCCC)OC(=O)CC/C=C\C/C=C\C/C=C\C/C=C\C/C=C\C/C=C\CC. The van der Waals surface area contributed by atoms with Crippen molar-refractivity contribution in [1.29, 1.82) is 0 Å². The van der Waals surface area contributed by atoms with Gasteiger partial charge in [-0.25, -0.2) is 9.13 Å². The van der Waals surface area contributed by atoms with E-state index in [1.165, 1.54) is 12.8 Å². The molecule has 3 N–H and O–H groups in total. The van der Waals surface area contributed by atoms with Crippen LogP contribution in [0.4, 0.5) is 0 Å². The van der Waals surface area contributed by atoms with Crippen LogP contribution in [0.25, 0.3) is 0 Å². The number of carbonyl (C=O) groups is 4. The number of phosphoric acid groups is 2. The van der Waals surface area contributed by atoms with Gasteiger partial charge in [0.2, 0.25) is 0 Å². The third-order valence-electron chi connectivity index (χ3n) is 14.8. The topological polar surface area (TPSA) is 237 Å². The van der Waals surface area contributed by atoms with E-state index in [4.69, 9.17) is 37.0 Å². The van der Waals surface area contributed by atoms with Crippen LogP contribution >= 0.6 is 15.6 Å². The van der Waals surface area contributed by atoms with Gasteiger partial charge < -0.3 is 33.8 Å². The molecule has 0 aliphatic heterocycles. The Balaban J connectivity index is 5.52. The second-order valence-corrected chi connectivity index (χ2v) is 27.4. The third-order valence-corrected chi connectivity index (χ3v) is 16.7. The van der Waals surface area contributed by atoms with Gasteiger partial charge in [0.15, 0.2) is 12.2 Å². The number of phosphoric ester groups is 2. The van der Waals surface area contributed by atoms with Crippen molar-refractivity contribution in [1.82, 2.24) is 0 Å². The van der Waals surface area contributed by atoms with Gasteiger partial charge in [-0.05, 0) is 148 Å². The fourth-order valence-electron chi connectivity index (χ4n) is 9.11. The van der Waals surface area contributed by atoms with Crippen LogP contribution in [0.3, 0.4) is 0 Å². The van der Waals surface area contributed by atoms with E-state index in [0.29, 0.717) is 38.5 Å². The number of unbranched alkanes of at least 4 members (excludes halogenated alkanes) is 13. The predicted octanol–water partition coefficient (Wildman–Crippen LogP) is 22.0. The van der Waals surface area contributed by atoms with Gasteiger partial charge in [-0.3, -0.25) is 37.3 Å². The van der Waals surface area contributed by atoms with Gasteiger partial charge in [-0.15, -0.1) is 0 Å². The van der Waals surface area contributed by atoms with Crippen LogP contribution in [0.5, 0.6) is 0 Å². The van der Waals surface area contributed by atoms with Crippen LogP contribution in [0.2, 0.25) is 0 Å². The highest BCUT2D eigenvalue weighted by Crippen LogP contribution is 2.45. The van der Waals surface area contributed by atoms with Crippen molar-refractivity contribution in [3.05, 3.63) is 182 Å². The first-order valence-corrected chi connectivity index (χ1v) is 41.0. The van der Waals surface area contributed by atoms with E-state index in [1.807, 2.05) is 36.5 Å². The first kappa shape index (κ1) is 96.2. The van der Waals surface area contributed by atoms with Gasteiger partial charge in [0.25, 0.3) is 0 Å². The number of aliphatic hydroxyl groups is 1. The second-order valence-electron chi connectivity index (χ2n) is 24.5. The number of carbonyl (C=O) groups excluding carboxylic acids is 4. The fourth-order valence-corrected chi connectivity index (χ4v) is 10.7. The lowest BCUT2D eigenvalue weighted by atomic mass is 10.1. The largest absolute Gasteiger partial charge is 0.472 e. The molecule has 0 spiro atoms. The summed E-state index contributed by atoms with van der Waals surface area (Å²) in [6.45, 7) is 4.30. The second kappa shape index (κ2) is 73.5. The summed E-state index contributed by atoms with van der Waals surface area (Å²) in [4.78, 5) is 72.8. The zero-order valence-corrected chi connectivity index (χ0v) is 64.5. The highest BCUT2D eigenvalue weighted by atomic mass is 31.2. The van der Waals surface area contributed by atoms with Crippen LogP contribution < -0.4 is 0 Å². The predicted molar refractivity (Wildman–Crippen MR) is 417 cm³/mol. The molecule has 5 unspecified atom stereocenters. The zero-order valence-electron chi connectivity index (χ0n) is 62.7. The summed E-state index contributed by atoms with van der Waals surface area (Å²) in [6, 6.07) is 0. The number of hydrogen-bond donors (Lipinski definition) is 3. The molecule has 5 atom stereocenters. The Bertz CT molecular complexity index is 2650. The molecule has 0 radical (unpaired) electrons. The number of rotatable bonds is 69. The molecule has 0 fully saturated rings. The van der Waals surface area contributed by atoms with Gasteiger partial charge in [0.1, 0.15) is 19.3 Å². The van der Waals surface area contributed by atoms with Gasteiger partial charge in [-0.1, -0.05) is 268 Å². The number of aliphatic hydroxyl groups excluding tert-OH is 1. The first-order valence-electron chi connectivity index (χ1n) is 38.0. The summed E-state index contributed by atoms with van der Waals surface area (Å²) in [5, 5.41) is 10.6. The van der Waals surface area contributed by atoms with Crippen molar-refractivity contribution in [2.45, 2.75) is 277 Å². The molecular weight excluding hydrogens is 1330 g/mol. The highest BCUT2D eigenvalue weighted by molar-refractivity contribution is 7.47. The van der Waals surface area contributed by atoms with Gasteiger partial charge in [0.05, 0.1) is 26.4 Å². The Morgan fingerprint density at radius 3 is 0.912 bits per heavy atom. The van der Waals surface area contributed by atoms with Crippen LogP contribution in [0, 0.1) is 0 Å². The van der Waals surface area contributed by atoms with Gasteiger partial charge in [0, 0.05) is 25.7 Å². The van der Waals surface area contributed by atoms with Crippen molar-refractivity contribution in [2.75, 3.05) is 39.6 Å². The molecule has 102 heavy (non-hydrogen) atoms. The Labute approximate surface area is 615 Å². The molecule has 0 saturated carbocycles. The van der Waals surface area contributed by atoms with E-state index in [-0.39, 0.29) is 25.7 Å². The lowest BCUT2D eigenvalue weighted by Crippen LogP contribution is -2.30. The average molecular weight is 1460 g/mol. The van der Waals surface area contributed by atoms with Crippen molar-refractivity contribution in [3.63, 3.8) is 0 Å². The summed E-state index contributed by atoms with van der Waals surface area (Å²) in [6.07, 6.45) is 87.8. The maximum absolute atomic E-state index is 13.1. The highest BCUT2D eigenvalue weighted by Gasteiger charge is 2.30. The van der Waals surface area contributed by atoms with E-state index < -0.39 is 97.5 Å². The summed E-state index contributed by atoms with van der Waals surface area (Å²) < 4.78 is 68.2. The lowest BCUT2D eigenvalue weighted by Gasteiger charge is -2.21. The smallest absolute Gasteiger partial charge is 0.462 e. The van der Waals surface area contributed by atoms with Crippen molar-refractivity contribution >= 4 is 39.5 Å². The average Bonchev–Trinajstić information content (AvgIpc) is 0.940. The quantitative estimate of drug-likeness (QED) is 0.0169. The Morgan fingerprint density at radius 2 is 0.549 bits per heavy atom. The van der Waals surface area contributed by atoms with Crippen molar-refractivity contribution in [2.24, 2.45) is 0 Å².